The van der Waals surface area contributed by atoms with Crippen LogP contribution in [0.3, 0.4) is 0 Å². The Morgan fingerprint density at radius 2 is 1.90 bits per heavy atom. The molecule has 4 rings (SSSR count). The van der Waals surface area contributed by atoms with Gasteiger partial charge >= 0.3 is 0 Å². The van der Waals surface area contributed by atoms with Crippen molar-refractivity contribution in [3.63, 3.8) is 0 Å². The fourth-order valence-corrected chi connectivity index (χ4v) is 6.76. The molecule has 0 amide bonds. The molecule has 2 heteroatoms. The van der Waals surface area contributed by atoms with E-state index in [2.05, 4.69) is 44.7 Å². The standard InChI is InChI=1S/C28H38O2/c1-19-6-11-25(30)18-23(19)10-9-22-5-4-16-28(3)26(14-15-27(22)28)20(2)17-21-7-12-24(29)13-8-21/h7-10,12-13,20,25-27,29-30H,1,4-6,11,14-18H2,2-3H3/b22-9+,23-10-/t20-,25+,26-,27?,28-/m1/s1. The van der Waals surface area contributed by atoms with Crippen molar-refractivity contribution in [1.82, 2.24) is 0 Å². The van der Waals surface area contributed by atoms with Crippen LogP contribution >= 0.6 is 0 Å². The monoisotopic (exact) mass is 406 g/mol. The first-order chi connectivity index (χ1) is 14.4. The van der Waals surface area contributed by atoms with E-state index in [0.717, 1.165) is 31.6 Å². The van der Waals surface area contributed by atoms with E-state index in [1.165, 1.54) is 48.8 Å². The molecule has 0 aromatic heterocycles. The summed E-state index contributed by atoms with van der Waals surface area (Å²) < 4.78 is 0. The van der Waals surface area contributed by atoms with Gasteiger partial charge in [-0.15, -0.1) is 0 Å². The summed E-state index contributed by atoms with van der Waals surface area (Å²) in [4.78, 5) is 0. The molecule has 3 saturated carbocycles. The summed E-state index contributed by atoms with van der Waals surface area (Å²) in [5.41, 5.74) is 5.81. The minimum absolute atomic E-state index is 0.201. The first-order valence-corrected chi connectivity index (χ1v) is 11.9. The molecule has 0 spiro atoms. The number of aromatic hydroxyl groups is 1. The van der Waals surface area contributed by atoms with E-state index in [0.29, 0.717) is 23.0 Å². The van der Waals surface area contributed by atoms with Crippen molar-refractivity contribution in [1.29, 1.82) is 0 Å². The highest BCUT2D eigenvalue weighted by molar-refractivity contribution is 5.36. The normalized spacial score (nSPS) is 35.6. The fourth-order valence-electron chi connectivity index (χ4n) is 6.76. The predicted octanol–water partition coefficient (Wildman–Crippen LogP) is 6.74. The molecule has 30 heavy (non-hydrogen) atoms. The molecule has 1 unspecified atom stereocenters. The van der Waals surface area contributed by atoms with Crippen molar-refractivity contribution in [2.24, 2.45) is 23.2 Å². The Labute approximate surface area is 182 Å². The Bertz CT molecular complexity index is 831. The molecule has 0 saturated heterocycles. The van der Waals surface area contributed by atoms with Gasteiger partial charge in [0.05, 0.1) is 6.10 Å². The summed E-state index contributed by atoms with van der Waals surface area (Å²) in [6.07, 6.45) is 14.6. The Kier molecular flexibility index (Phi) is 6.25. The SMILES string of the molecule is C=C1CC[C@H](O)C/C1=C/C=C1\CCC[C@@]2(C)C1CC[C@@H]2[C@H](C)Cc1ccc(O)cc1. The molecule has 1 aromatic carbocycles. The van der Waals surface area contributed by atoms with E-state index in [1.807, 2.05) is 12.1 Å². The third kappa shape index (κ3) is 4.30. The highest BCUT2D eigenvalue weighted by Gasteiger charge is 2.50. The van der Waals surface area contributed by atoms with E-state index in [4.69, 9.17) is 0 Å². The number of aliphatic hydroxyl groups is 1. The Hall–Kier alpha value is -1.80. The van der Waals surface area contributed by atoms with Crippen LogP contribution < -0.4 is 0 Å². The number of phenolic OH excluding ortho intramolecular Hbond substituents is 1. The zero-order valence-electron chi connectivity index (χ0n) is 18.7. The molecule has 3 aliphatic rings. The maximum atomic E-state index is 10.0. The first-order valence-electron chi connectivity index (χ1n) is 11.9. The first kappa shape index (κ1) is 21.4. The van der Waals surface area contributed by atoms with Crippen molar-refractivity contribution in [3.8, 4) is 5.75 Å². The van der Waals surface area contributed by atoms with Crippen molar-refractivity contribution in [2.45, 2.75) is 77.7 Å². The molecule has 3 aliphatic carbocycles. The molecule has 3 fully saturated rings. The topological polar surface area (TPSA) is 40.5 Å². The largest absolute Gasteiger partial charge is 0.508 e. The maximum absolute atomic E-state index is 10.0. The van der Waals surface area contributed by atoms with Crippen molar-refractivity contribution < 1.29 is 10.2 Å². The number of benzene rings is 1. The number of fused-ring (bicyclic) bond motifs is 1. The van der Waals surface area contributed by atoms with Crippen LogP contribution in [0.2, 0.25) is 0 Å². The number of rotatable bonds is 4. The average Bonchev–Trinajstić information content (AvgIpc) is 3.08. The van der Waals surface area contributed by atoms with Crippen LogP contribution in [0, 0.1) is 23.2 Å². The van der Waals surface area contributed by atoms with Crippen LogP contribution in [0.25, 0.3) is 0 Å². The van der Waals surface area contributed by atoms with Crippen molar-refractivity contribution in [3.05, 3.63) is 65.3 Å². The van der Waals surface area contributed by atoms with Gasteiger partial charge in [0, 0.05) is 0 Å². The molecule has 0 aliphatic heterocycles. The maximum Gasteiger partial charge on any atom is 0.115 e. The third-order valence-corrected chi connectivity index (χ3v) is 8.41. The van der Waals surface area contributed by atoms with E-state index >= 15 is 0 Å². The summed E-state index contributed by atoms with van der Waals surface area (Å²) in [6.45, 7) is 9.21. The third-order valence-electron chi connectivity index (χ3n) is 8.41. The molecule has 162 valence electrons. The quantitative estimate of drug-likeness (QED) is 0.581. The van der Waals surface area contributed by atoms with Gasteiger partial charge in [-0.1, -0.05) is 55.9 Å². The summed E-state index contributed by atoms with van der Waals surface area (Å²) in [6, 6.07) is 7.77. The molecule has 5 atom stereocenters. The van der Waals surface area contributed by atoms with Gasteiger partial charge in [0.1, 0.15) is 5.75 Å². The zero-order valence-corrected chi connectivity index (χ0v) is 18.7. The molecule has 0 heterocycles. The Morgan fingerprint density at radius 1 is 1.13 bits per heavy atom. The van der Waals surface area contributed by atoms with E-state index in [1.54, 1.807) is 5.57 Å². The van der Waals surface area contributed by atoms with E-state index in [-0.39, 0.29) is 6.10 Å². The van der Waals surface area contributed by atoms with Crippen LogP contribution in [-0.2, 0) is 6.42 Å². The van der Waals surface area contributed by atoms with Crippen LogP contribution in [-0.4, -0.2) is 16.3 Å². The smallest absolute Gasteiger partial charge is 0.115 e. The highest BCUT2D eigenvalue weighted by atomic mass is 16.3. The number of hydrogen-bond donors (Lipinski definition) is 2. The Morgan fingerprint density at radius 3 is 2.67 bits per heavy atom. The van der Waals surface area contributed by atoms with Gasteiger partial charge in [-0.2, -0.15) is 0 Å². The minimum Gasteiger partial charge on any atom is -0.508 e. The van der Waals surface area contributed by atoms with Gasteiger partial charge in [0.15, 0.2) is 0 Å². The molecular weight excluding hydrogens is 368 g/mol. The number of phenols is 1. The predicted molar refractivity (Wildman–Crippen MR) is 124 cm³/mol. The van der Waals surface area contributed by atoms with E-state index < -0.39 is 0 Å². The van der Waals surface area contributed by atoms with Gasteiger partial charge in [-0.25, -0.2) is 0 Å². The second kappa shape index (κ2) is 8.75. The van der Waals surface area contributed by atoms with Crippen LogP contribution in [0.5, 0.6) is 5.75 Å². The van der Waals surface area contributed by atoms with Crippen LogP contribution in [0.4, 0.5) is 0 Å². The second-order valence-corrected chi connectivity index (χ2v) is 10.4. The van der Waals surface area contributed by atoms with Gasteiger partial charge < -0.3 is 10.2 Å². The lowest BCUT2D eigenvalue weighted by Crippen LogP contribution is -2.36. The molecule has 1 aromatic rings. The molecule has 0 radical (unpaired) electrons. The van der Waals surface area contributed by atoms with Gasteiger partial charge in [-0.3, -0.25) is 0 Å². The summed E-state index contributed by atoms with van der Waals surface area (Å²) in [5.74, 6) is 2.44. The lowest BCUT2D eigenvalue weighted by Gasteiger charge is -2.44. The molecular formula is C28H38O2. The lowest BCUT2D eigenvalue weighted by molar-refractivity contribution is 0.0975. The minimum atomic E-state index is -0.201. The second-order valence-electron chi connectivity index (χ2n) is 10.4. The summed E-state index contributed by atoms with van der Waals surface area (Å²) >= 11 is 0. The number of allylic oxidation sites excluding steroid dienone is 4. The summed E-state index contributed by atoms with van der Waals surface area (Å²) in [5, 5.41) is 19.6. The molecule has 0 bridgehead atoms. The van der Waals surface area contributed by atoms with Crippen molar-refractivity contribution in [2.75, 3.05) is 0 Å². The summed E-state index contributed by atoms with van der Waals surface area (Å²) in [7, 11) is 0. The van der Waals surface area contributed by atoms with E-state index in [9.17, 15) is 10.2 Å². The highest BCUT2D eigenvalue weighted by Crippen LogP contribution is 2.59. The van der Waals surface area contributed by atoms with Crippen molar-refractivity contribution >= 4 is 0 Å². The number of hydrogen-bond acceptors (Lipinski definition) is 2. The fraction of sp³-hybridized carbons (Fsp3) is 0.571. The van der Waals surface area contributed by atoms with Gasteiger partial charge in [-0.05, 0) is 104 Å². The Balaban J connectivity index is 1.50. The van der Waals surface area contributed by atoms with Gasteiger partial charge in [0.2, 0.25) is 0 Å². The zero-order chi connectivity index (χ0) is 21.3. The van der Waals surface area contributed by atoms with Crippen LogP contribution in [0.1, 0.15) is 70.8 Å². The number of aliphatic hydroxyl groups excluding tert-OH is 1. The lowest BCUT2D eigenvalue weighted by atomic mass is 9.60. The average molecular weight is 407 g/mol. The van der Waals surface area contributed by atoms with Gasteiger partial charge in [0.25, 0.3) is 0 Å². The van der Waals surface area contributed by atoms with Crippen LogP contribution in [0.15, 0.2) is 59.7 Å². The molecule has 2 nitrogen and oxygen atoms in total. The molecule has 2 N–H and O–H groups in total.